The highest BCUT2D eigenvalue weighted by atomic mass is 15.1. The second kappa shape index (κ2) is 4.73. The fourth-order valence-electron chi connectivity index (χ4n) is 2.40. The molecule has 0 spiro atoms. The van der Waals surface area contributed by atoms with Crippen molar-refractivity contribution in [2.75, 3.05) is 13.6 Å². The molecule has 0 amide bonds. The van der Waals surface area contributed by atoms with Crippen LogP contribution in [0.25, 0.3) is 5.70 Å². The topological polar surface area (TPSA) is 3.24 Å². The molecule has 0 aromatic heterocycles. The molecule has 0 radical (unpaired) electrons. The van der Waals surface area contributed by atoms with Gasteiger partial charge in [-0.3, -0.25) is 0 Å². The van der Waals surface area contributed by atoms with Crippen LogP contribution in [0.3, 0.4) is 0 Å². The van der Waals surface area contributed by atoms with Crippen molar-refractivity contribution < 1.29 is 0 Å². The number of hydrogen-bond acceptors (Lipinski definition) is 1. The van der Waals surface area contributed by atoms with Gasteiger partial charge in [-0.15, -0.1) is 0 Å². The number of fused-ring (bicyclic) bond motifs is 1. The van der Waals surface area contributed by atoms with Crippen LogP contribution in [0.15, 0.2) is 24.3 Å². The van der Waals surface area contributed by atoms with Crippen molar-refractivity contribution in [2.45, 2.75) is 33.1 Å². The third kappa shape index (κ3) is 1.99. The summed E-state index contributed by atoms with van der Waals surface area (Å²) < 4.78 is 0. The Bertz CT molecular complexity index is 404. The maximum absolute atomic E-state index is 2.38. The quantitative estimate of drug-likeness (QED) is 0.730. The van der Waals surface area contributed by atoms with E-state index >= 15 is 0 Å². The average molecular weight is 215 g/mol. The van der Waals surface area contributed by atoms with Crippen molar-refractivity contribution in [1.29, 1.82) is 0 Å². The van der Waals surface area contributed by atoms with Crippen LogP contribution in [0.2, 0.25) is 0 Å². The summed E-state index contributed by atoms with van der Waals surface area (Å²) in [5.41, 5.74) is 5.83. The third-order valence-electron chi connectivity index (χ3n) is 3.38. The van der Waals surface area contributed by atoms with Crippen molar-refractivity contribution in [2.24, 2.45) is 0 Å². The zero-order valence-corrected chi connectivity index (χ0v) is 10.6. The van der Waals surface area contributed by atoms with E-state index in [2.05, 4.69) is 50.1 Å². The molecule has 2 rings (SSSR count). The Hall–Kier alpha value is -1.24. The lowest BCUT2D eigenvalue weighted by Crippen LogP contribution is -2.25. The van der Waals surface area contributed by atoms with Gasteiger partial charge in [0.25, 0.3) is 0 Å². The van der Waals surface area contributed by atoms with Crippen LogP contribution >= 0.6 is 0 Å². The van der Waals surface area contributed by atoms with Gasteiger partial charge in [-0.1, -0.05) is 38.1 Å². The number of hydrogen-bond donors (Lipinski definition) is 0. The fourth-order valence-corrected chi connectivity index (χ4v) is 2.40. The first-order chi connectivity index (χ1) is 7.76. The van der Waals surface area contributed by atoms with Gasteiger partial charge in [0, 0.05) is 24.9 Å². The minimum Gasteiger partial charge on any atom is -0.374 e. The molecule has 16 heavy (non-hydrogen) atoms. The average Bonchev–Trinajstić information content (AvgIpc) is 2.32. The van der Waals surface area contributed by atoms with E-state index < -0.39 is 0 Å². The van der Waals surface area contributed by atoms with Gasteiger partial charge in [0.15, 0.2) is 0 Å². The van der Waals surface area contributed by atoms with E-state index in [1.165, 1.54) is 28.8 Å². The van der Waals surface area contributed by atoms with Crippen molar-refractivity contribution in [3.05, 3.63) is 41.0 Å². The van der Waals surface area contributed by atoms with Gasteiger partial charge < -0.3 is 4.90 Å². The molecule has 0 fully saturated rings. The van der Waals surface area contributed by atoms with Crippen molar-refractivity contribution >= 4 is 5.70 Å². The highest BCUT2D eigenvalue weighted by Crippen LogP contribution is 2.28. The molecule has 0 aliphatic carbocycles. The summed E-state index contributed by atoms with van der Waals surface area (Å²) in [5.74, 6) is 0. The molecule has 1 aliphatic rings. The summed E-state index contributed by atoms with van der Waals surface area (Å²) in [6.07, 6.45) is 5.76. The maximum atomic E-state index is 2.38. The number of rotatable bonds is 2. The van der Waals surface area contributed by atoms with Crippen LogP contribution in [0.1, 0.15) is 37.0 Å². The zero-order valence-electron chi connectivity index (χ0n) is 10.6. The first-order valence-electron chi connectivity index (χ1n) is 6.29. The lowest BCUT2D eigenvalue weighted by molar-refractivity contribution is 0.467. The molecule has 0 saturated carbocycles. The van der Waals surface area contributed by atoms with Crippen LogP contribution in [0.5, 0.6) is 0 Å². The minimum atomic E-state index is 1.11. The molecule has 0 atom stereocenters. The van der Waals surface area contributed by atoms with Crippen LogP contribution < -0.4 is 0 Å². The molecule has 1 nitrogen and oxygen atoms in total. The third-order valence-corrected chi connectivity index (χ3v) is 3.38. The molecule has 1 aromatic carbocycles. The molecule has 1 aliphatic heterocycles. The van der Waals surface area contributed by atoms with Gasteiger partial charge in [0.1, 0.15) is 0 Å². The summed E-state index contributed by atoms with van der Waals surface area (Å²) in [5, 5.41) is 0. The Kier molecular flexibility index (Phi) is 3.33. The van der Waals surface area contributed by atoms with Crippen molar-refractivity contribution in [3.8, 4) is 0 Å². The molecule has 0 saturated heterocycles. The predicted octanol–water partition coefficient (Wildman–Crippen LogP) is 3.49. The standard InChI is InChI=1S/C15H21N/c1-4-6-15-14-8-7-12(5-2)11-13(14)9-10-16(15)3/h6-8,11H,4-5,9-10H2,1-3H3/b15-6-. The summed E-state index contributed by atoms with van der Waals surface area (Å²) in [6, 6.07) is 6.94. The molecule has 1 aromatic rings. The first kappa shape index (κ1) is 11.3. The van der Waals surface area contributed by atoms with E-state index in [1.807, 2.05) is 0 Å². The summed E-state index contributed by atoms with van der Waals surface area (Å²) >= 11 is 0. The fraction of sp³-hybridized carbons (Fsp3) is 0.467. The summed E-state index contributed by atoms with van der Waals surface area (Å²) in [7, 11) is 2.19. The molecule has 0 bridgehead atoms. The zero-order chi connectivity index (χ0) is 11.5. The van der Waals surface area contributed by atoms with E-state index in [-0.39, 0.29) is 0 Å². The van der Waals surface area contributed by atoms with Gasteiger partial charge in [-0.2, -0.15) is 0 Å². The van der Waals surface area contributed by atoms with E-state index in [4.69, 9.17) is 0 Å². The van der Waals surface area contributed by atoms with E-state index in [9.17, 15) is 0 Å². The molecule has 0 N–H and O–H groups in total. The van der Waals surface area contributed by atoms with E-state index in [0.717, 1.165) is 19.4 Å². The van der Waals surface area contributed by atoms with Crippen LogP contribution in [-0.4, -0.2) is 18.5 Å². The van der Waals surface area contributed by atoms with Crippen LogP contribution in [-0.2, 0) is 12.8 Å². The molecular weight excluding hydrogens is 194 g/mol. The van der Waals surface area contributed by atoms with Crippen molar-refractivity contribution in [3.63, 3.8) is 0 Å². The Labute approximate surface area is 98.8 Å². The van der Waals surface area contributed by atoms with Gasteiger partial charge >= 0.3 is 0 Å². The normalized spacial score (nSPS) is 17.7. The largest absolute Gasteiger partial charge is 0.374 e. The number of allylic oxidation sites excluding steroid dienone is 1. The minimum absolute atomic E-state index is 1.11. The second-order valence-electron chi connectivity index (χ2n) is 4.51. The SMILES string of the molecule is CC/C=C1/c2ccc(CC)cc2CCN1C. The molecular formula is C15H21N. The van der Waals surface area contributed by atoms with E-state index in [1.54, 1.807) is 0 Å². The number of aryl methyl sites for hydroxylation is 1. The first-order valence-corrected chi connectivity index (χ1v) is 6.29. The number of likely N-dealkylation sites (N-methyl/N-ethyl adjacent to an activating group) is 1. The number of benzene rings is 1. The molecule has 1 heteroatoms. The van der Waals surface area contributed by atoms with E-state index in [0.29, 0.717) is 0 Å². The maximum Gasteiger partial charge on any atom is 0.0399 e. The lowest BCUT2D eigenvalue weighted by atomic mass is 9.93. The Balaban J connectivity index is 2.44. The number of nitrogens with zero attached hydrogens (tertiary/aromatic N) is 1. The Morgan fingerprint density at radius 1 is 1.31 bits per heavy atom. The van der Waals surface area contributed by atoms with Crippen LogP contribution in [0, 0.1) is 0 Å². The molecule has 86 valence electrons. The van der Waals surface area contributed by atoms with Crippen LogP contribution in [0.4, 0.5) is 0 Å². The van der Waals surface area contributed by atoms with Gasteiger partial charge in [0.05, 0.1) is 0 Å². The highest BCUT2D eigenvalue weighted by Gasteiger charge is 2.17. The summed E-state index contributed by atoms with van der Waals surface area (Å²) in [6.45, 7) is 5.57. The highest BCUT2D eigenvalue weighted by molar-refractivity contribution is 5.68. The monoisotopic (exact) mass is 215 g/mol. The Morgan fingerprint density at radius 2 is 2.12 bits per heavy atom. The predicted molar refractivity (Wildman–Crippen MR) is 70.4 cm³/mol. The Morgan fingerprint density at radius 3 is 2.81 bits per heavy atom. The molecule has 0 unspecified atom stereocenters. The van der Waals surface area contributed by atoms with Gasteiger partial charge in [-0.25, -0.2) is 0 Å². The summed E-state index contributed by atoms with van der Waals surface area (Å²) in [4.78, 5) is 2.37. The van der Waals surface area contributed by atoms with Gasteiger partial charge in [0.2, 0.25) is 0 Å². The molecule has 1 heterocycles. The van der Waals surface area contributed by atoms with Crippen molar-refractivity contribution in [1.82, 2.24) is 4.90 Å². The van der Waals surface area contributed by atoms with Gasteiger partial charge in [-0.05, 0) is 30.4 Å². The second-order valence-corrected chi connectivity index (χ2v) is 4.51. The smallest absolute Gasteiger partial charge is 0.0399 e. The lowest BCUT2D eigenvalue weighted by Gasteiger charge is -2.30.